The van der Waals surface area contributed by atoms with Crippen LogP contribution in [0.5, 0.6) is 0 Å². The molecule has 3 aromatic heterocycles. The SMILES string of the molecule is CCOC(=O)c1oc2c(c1C)-c1nn(Cc3ccncc3)cc1C1(CCC1)C2. The summed E-state index contributed by atoms with van der Waals surface area (Å²) in [6, 6.07) is 4.01. The van der Waals surface area contributed by atoms with Crippen LogP contribution in [-0.2, 0) is 23.1 Å². The standard InChI is InChI=1S/C22H23N3O3/c1-3-27-21(26)20-14(2)18-17(28-20)11-22(7-4-8-22)16-13-25(24-19(16)18)12-15-5-9-23-10-6-15/h5-6,9-10,13H,3-4,7-8,11-12H2,1-2H3. The minimum atomic E-state index is -0.394. The van der Waals surface area contributed by atoms with Crippen LogP contribution in [0.25, 0.3) is 11.3 Å². The van der Waals surface area contributed by atoms with Gasteiger partial charge in [-0.2, -0.15) is 5.10 Å². The van der Waals surface area contributed by atoms with Gasteiger partial charge in [0.1, 0.15) is 5.76 Å². The van der Waals surface area contributed by atoms with Gasteiger partial charge in [0.15, 0.2) is 0 Å². The van der Waals surface area contributed by atoms with E-state index >= 15 is 0 Å². The maximum absolute atomic E-state index is 12.3. The average Bonchev–Trinajstić information content (AvgIpc) is 3.21. The fourth-order valence-electron chi connectivity index (χ4n) is 4.60. The molecule has 2 aliphatic rings. The van der Waals surface area contributed by atoms with Gasteiger partial charge >= 0.3 is 5.97 Å². The molecular weight excluding hydrogens is 354 g/mol. The lowest BCUT2D eigenvalue weighted by atomic mass is 9.59. The maximum Gasteiger partial charge on any atom is 0.374 e. The highest BCUT2D eigenvalue weighted by Gasteiger charge is 2.47. The zero-order chi connectivity index (χ0) is 19.3. The fourth-order valence-corrected chi connectivity index (χ4v) is 4.60. The lowest BCUT2D eigenvalue weighted by Crippen LogP contribution is -2.38. The van der Waals surface area contributed by atoms with Crippen molar-refractivity contribution in [3.8, 4) is 11.3 Å². The summed E-state index contributed by atoms with van der Waals surface area (Å²) in [7, 11) is 0. The lowest BCUT2D eigenvalue weighted by molar-refractivity contribution is 0.0485. The predicted molar refractivity (Wildman–Crippen MR) is 103 cm³/mol. The van der Waals surface area contributed by atoms with E-state index in [4.69, 9.17) is 14.3 Å². The van der Waals surface area contributed by atoms with Crippen molar-refractivity contribution in [2.75, 3.05) is 6.61 Å². The van der Waals surface area contributed by atoms with E-state index in [9.17, 15) is 4.79 Å². The number of hydrogen-bond acceptors (Lipinski definition) is 5. The number of hydrogen-bond donors (Lipinski definition) is 0. The van der Waals surface area contributed by atoms with E-state index in [1.807, 2.05) is 23.7 Å². The van der Waals surface area contributed by atoms with E-state index < -0.39 is 5.97 Å². The Bertz CT molecular complexity index is 1040. The van der Waals surface area contributed by atoms with Gasteiger partial charge in [0, 0.05) is 47.1 Å². The first-order valence-electron chi connectivity index (χ1n) is 9.88. The van der Waals surface area contributed by atoms with Crippen LogP contribution in [0.1, 0.15) is 59.2 Å². The van der Waals surface area contributed by atoms with Crippen molar-refractivity contribution in [2.45, 2.75) is 51.5 Å². The number of fused-ring (bicyclic) bond motifs is 4. The molecule has 3 heterocycles. The monoisotopic (exact) mass is 377 g/mol. The van der Waals surface area contributed by atoms with Crippen LogP contribution in [0.15, 0.2) is 35.1 Å². The highest BCUT2D eigenvalue weighted by Crippen LogP contribution is 2.54. The molecule has 144 valence electrons. The molecule has 1 saturated carbocycles. The minimum Gasteiger partial charge on any atom is -0.460 e. The molecule has 5 rings (SSSR count). The molecule has 0 aromatic carbocycles. The fraction of sp³-hybridized carbons (Fsp3) is 0.409. The third-order valence-corrected chi connectivity index (χ3v) is 6.15. The molecule has 28 heavy (non-hydrogen) atoms. The van der Waals surface area contributed by atoms with Gasteiger partial charge in [0.2, 0.25) is 5.76 Å². The smallest absolute Gasteiger partial charge is 0.374 e. The Balaban J connectivity index is 1.60. The van der Waals surface area contributed by atoms with E-state index in [-0.39, 0.29) is 5.41 Å². The van der Waals surface area contributed by atoms with Crippen LogP contribution in [0, 0.1) is 6.92 Å². The molecule has 6 nitrogen and oxygen atoms in total. The van der Waals surface area contributed by atoms with E-state index in [0.29, 0.717) is 18.9 Å². The van der Waals surface area contributed by atoms with Gasteiger partial charge in [-0.05, 0) is 44.4 Å². The highest BCUT2D eigenvalue weighted by atomic mass is 16.5. The molecule has 0 saturated heterocycles. The molecule has 3 aromatic rings. The van der Waals surface area contributed by atoms with E-state index in [0.717, 1.165) is 47.4 Å². The lowest BCUT2D eigenvalue weighted by Gasteiger charge is -2.43. The van der Waals surface area contributed by atoms with Gasteiger partial charge in [-0.15, -0.1) is 0 Å². The second kappa shape index (κ2) is 6.33. The van der Waals surface area contributed by atoms with Crippen molar-refractivity contribution in [2.24, 2.45) is 0 Å². The third kappa shape index (κ3) is 2.51. The molecule has 0 unspecified atom stereocenters. The number of rotatable bonds is 4. The van der Waals surface area contributed by atoms with Crippen molar-refractivity contribution in [3.05, 3.63) is 58.9 Å². The summed E-state index contributed by atoms with van der Waals surface area (Å²) in [5, 5.41) is 4.93. The normalized spacial score (nSPS) is 16.4. The van der Waals surface area contributed by atoms with E-state index in [2.05, 4.69) is 11.2 Å². The minimum absolute atomic E-state index is 0.0923. The predicted octanol–water partition coefficient (Wildman–Crippen LogP) is 4.05. The summed E-state index contributed by atoms with van der Waals surface area (Å²) in [6.07, 6.45) is 10.1. The van der Waals surface area contributed by atoms with Crippen molar-refractivity contribution in [1.29, 1.82) is 0 Å². The van der Waals surface area contributed by atoms with Crippen molar-refractivity contribution in [1.82, 2.24) is 14.8 Å². The van der Waals surface area contributed by atoms with E-state index in [1.165, 1.54) is 12.0 Å². The molecule has 0 atom stereocenters. The first-order valence-corrected chi connectivity index (χ1v) is 9.88. The Labute approximate surface area is 163 Å². The number of carbonyl (C=O) groups is 1. The first kappa shape index (κ1) is 17.2. The Kier molecular flexibility index (Phi) is 3.89. The zero-order valence-corrected chi connectivity index (χ0v) is 16.2. The second-order valence-electron chi connectivity index (χ2n) is 7.83. The molecule has 0 aliphatic heterocycles. The summed E-state index contributed by atoms with van der Waals surface area (Å²) in [6.45, 7) is 4.76. The number of nitrogens with zero attached hydrogens (tertiary/aromatic N) is 3. The van der Waals surface area contributed by atoms with Crippen molar-refractivity contribution in [3.63, 3.8) is 0 Å². The van der Waals surface area contributed by atoms with Crippen molar-refractivity contribution < 1.29 is 13.9 Å². The van der Waals surface area contributed by atoms with Crippen LogP contribution in [0.3, 0.4) is 0 Å². The third-order valence-electron chi connectivity index (χ3n) is 6.15. The van der Waals surface area contributed by atoms with Crippen molar-refractivity contribution >= 4 is 5.97 Å². The summed E-state index contributed by atoms with van der Waals surface area (Å²) in [5.41, 5.74) is 5.32. The number of aromatic nitrogens is 3. The van der Waals surface area contributed by atoms with Crippen LogP contribution in [0.4, 0.5) is 0 Å². The summed E-state index contributed by atoms with van der Waals surface area (Å²) in [5.74, 6) is 0.801. The number of ether oxygens (including phenoxy) is 1. The zero-order valence-electron chi connectivity index (χ0n) is 16.2. The quantitative estimate of drug-likeness (QED) is 0.642. The molecule has 0 N–H and O–H groups in total. The number of pyridine rings is 1. The molecule has 0 radical (unpaired) electrons. The van der Waals surface area contributed by atoms with Crippen LogP contribution in [-0.4, -0.2) is 27.3 Å². The van der Waals surface area contributed by atoms with Crippen LogP contribution < -0.4 is 0 Å². The molecule has 0 amide bonds. The second-order valence-corrected chi connectivity index (χ2v) is 7.83. The van der Waals surface area contributed by atoms with Gasteiger partial charge < -0.3 is 9.15 Å². The maximum atomic E-state index is 12.3. The number of furan rings is 1. The van der Waals surface area contributed by atoms with Gasteiger partial charge in [-0.3, -0.25) is 9.67 Å². The average molecular weight is 377 g/mol. The summed E-state index contributed by atoms with van der Waals surface area (Å²) < 4.78 is 13.2. The molecule has 1 spiro atoms. The van der Waals surface area contributed by atoms with E-state index in [1.54, 1.807) is 19.3 Å². The molecule has 0 bridgehead atoms. The van der Waals surface area contributed by atoms with Gasteiger partial charge in [0.05, 0.1) is 18.8 Å². The topological polar surface area (TPSA) is 70.2 Å². The Hall–Kier alpha value is -2.89. The van der Waals surface area contributed by atoms with Gasteiger partial charge in [-0.25, -0.2) is 4.79 Å². The molecular formula is C22H23N3O3. The van der Waals surface area contributed by atoms with Crippen LogP contribution in [0.2, 0.25) is 0 Å². The van der Waals surface area contributed by atoms with Gasteiger partial charge in [0.25, 0.3) is 0 Å². The van der Waals surface area contributed by atoms with Crippen LogP contribution >= 0.6 is 0 Å². The number of carbonyl (C=O) groups excluding carboxylic acids is 1. The molecule has 2 aliphatic carbocycles. The number of esters is 1. The first-order chi connectivity index (χ1) is 13.6. The Morgan fingerprint density at radius 2 is 2.11 bits per heavy atom. The molecule has 1 fully saturated rings. The summed E-state index contributed by atoms with van der Waals surface area (Å²) in [4.78, 5) is 16.4. The Morgan fingerprint density at radius 3 is 2.79 bits per heavy atom. The Morgan fingerprint density at radius 1 is 1.32 bits per heavy atom. The van der Waals surface area contributed by atoms with Gasteiger partial charge in [-0.1, -0.05) is 6.42 Å². The molecule has 6 heteroatoms. The summed E-state index contributed by atoms with van der Waals surface area (Å²) >= 11 is 0. The largest absolute Gasteiger partial charge is 0.460 e. The highest BCUT2D eigenvalue weighted by molar-refractivity contribution is 5.92.